The number of hydrogen-bond donors (Lipinski definition) is 2. The number of amides is 1. The summed E-state index contributed by atoms with van der Waals surface area (Å²) >= 11 is 0. The largest absolute Gasteiger partial charge is 0.358 e. The highest BCUT2D eigenvalue weighted by molar-refractivity contribution is 5.75. The van der Waals surface area contributed by atoms with Crippen LogP contribution < -0.4 is 10.6 Å². The summed E-state index contributed by atoms with van der Waals surface area (Å²) in [6, 6.07) is 0. The van der Waals surface area contributed by atoms with E-state index < -0.39 is 0 Å². The van der Waals surface area contributed by atoms with Crippen LogP contribution in [0.1, 0.15) is 48.8 Å². The first-order chi connectivity index (χ1) is 9.29. The van der Waals surface area contributed by atoms with E-state index in [0.29, 0.717) is 12.5 Å². The van der Waals surface area contributed by atoms with Gasteiger partial charge in [-0.25, -0.2) is 4.98 Å². The van der Waals surface area contributed by atoms with Gasteiger partial charge >= 0.3 is 0 Å². The second-order valence-corrected chi connectivity index (χ2v) is 5.53. The van der Waals surface area contributed by atoms with Crippen LogP contribution in [0, 0.1) is 0 Å². The molecule has 0 unspecified atom stereocenters. The molecule has 0 saturated heterocycles. The van der Waals surface area contributed by atoms with Crippen LogP contribution in [0.5, 0.6) is 0 Å². The van der Waals surface area contributed by atoms with E-state index in [0.717, 1.165) is 31.0 Å². The van der Waals surface area contributed by atoms with Crippen LogP contribution in [0.2, 0.25) is 0 Å². The van der Waals surface area contributed by atoms with Gasteiger partial charge in [0.1, 0.15) is 12.4 Å². The third kappa shape index (κ3) is 2.39. The molecule has 3 rings (SSSR count). The van der Waals surface area contributed by atoms with Crippen LogP contribution >= 0.6 is 0 Å². The lowest BCUT2D eigenvalue weighted by Gasteiger charge is -2.17. The maximum atomic E-state index is 11.8. The standard InChI is InChI=1S/C14H22N4O/c1-15-13(19)9-18-12-6-7-16-8-11(12)17-14(18)10-4-2-3-5-10/h10,16H,2-9H2,1H3,(H,15,19). The minimum Gasteiger partial charge on any atom is -0.358 e. The van der Waals surface area contributed by atoms with Gasteiger partial charge in [0.2, 0.25) is 5.91 Å². The molecule has 5 nitrogen and oxygen atoms in total. The molecule has 1 aliphatic carbocycles. The predicted octanol–water partition coefficient (Wildman–Crippen LogP) is 0.932. The molecule has 2 N–H and O–H groups in total. The summed E-state index contributed by atoms with van der Waals surface area (Å²) in [4.78, 5) is 16.6. The molecule has 1 amide bonds. The van der Waals surface area contributed by atoms with Crippen molar-refractivity contribution in [2.45, 2.75) is 51.1 Å². The Morgan fingerprint density at radius 2 is 2.26 bits per heavy atom. The molecule has 1 aromatic heterocycles. The maximum absolute atomic E-state index is 11.8. The van der Waals surface area contributed by atoms with Crippen molar-refractivity contribution in [2.75, 3.05) is 13.6 Å². The topological polar surface area (TPSA) is 59.0 Å². The average molecular weight is 262 g/mol. The van der Waals surface area contributed by atoms with Crippen molar-refractivity contribution >= 4 is 5.91 Å². The van der Waals surface area contributed by atoms with Crippen LogP contribution in [0.15, 0.2) is 0 Å². The smallest absolute Gasteiger partial charge is 0.239 e. The van der Waals surface area contributed by atoms with Gasteiger partial charge < -0.3 is 15.2 Å². The Morgan fingerprint density at radius 3 is 3.00 bits per heavy atom. The van der Waals surface area contributed by atoms with E-state index in [4.69, 9.17) is 4.98 Å². The fraction of sp³-hybridized carbons (Fsp3) is 0.714. The Balaban J connectivity index is 1.96. The Morgan fingerprint density at radius 1 is 1.47 bits per heavy atom. The summed E-state index contributed by atoms with van der Waals surface area (Å²) in [5.74, 6) is 1.77. The van der Waals surface area contributed by atoms with Gasteiger partial charge in [0.05, 0.1) is 5.69 Å². The fourth-order valence-electron chi connectivity index (χ4n) is 3.29. The summed E-state index contributed by atoms with van der Waals surface area (Å²) in [6.45, 7) is 2.25. The monoisotopic (exact) mass is 262 g/mol. The SMILES string of the molecule is CNC(=O)Cn1c(C2CCCC2)nc2c1CCNC2. The first-order valence-corrected chi connectivity index (χ1v) is 7.29. The lowest BCUT2D eigenvalue weighted by atomic mass is 10.1. The molecular formula is C14H22N4O. The molecule has 0 atom stereocenters. The van der Waals surface area contributed by atoms with Gasteiger partial charge in [0.15, 0.2) is 0 Å². The molecule has 104 valence electrons. The second-order valence-electron chi connectivity index (χ2n) is 5.53. The Bertz CT molecular complexity index is 474. The number of aromatic nitrogens is 2. The molecule has 1 aliphatic heterocycles. The van der Waals surface area contributed by atoms with Gasteiger partial charge in [-0.2, -0.15) is 0 Å². The van der Waals surface area contributed by atoms with Gasteiger partial charge in [-0.3, -0.25) is 4.79 Å². The minimum absolute atomic E-state index is 0.0676. The summed E-state index contributed by atoms with van der Waals surface area (Å²) in [5.41, 5.74) is 2.42. The zero-order chi connectivity index (χ0) is 13.2. The van der Waals surface area contributed by atoms with Gasteiger partial charge in [0, 0.05) is 38.2 Å². The minimum atomic E-state index is 0.0676. The molecule has 1 fully saturated rings. The summed E-state index contributed by atoms with van der Waals surface area (Å²) < 4.78 is 2.19. The highest BCUT2D eigenvalue weighted by Gasteiger charge is 2.27. The molecule has 5 heteroatoms. The van der Waals surface area contributed by atoms with E-state index in [9.17, 15) is 4.79 Å². The maximum Gasteiger partial charge on any atom is 0.239 e. The summed E-state index contributed by atoms with van der Waals surface area (Å²) in [5, 5.41) is 6.09. The van der Waals surface area contributed by atoms with Gasteiger partial charge in [-0.05, 0) is 12.8 Å². The number of likely N-dealkylation sites (N-methyl/N-ethyl adjacent to an activating group) is 1. The average Bonchev–Trinajstić information content (AvgIpc) is 3.06. The Hall–Kier alpha value is -1.36. The van der Waals surface area contributed by atoms with Crippen molar-refractivity contribution in [3.63, 3.8) is 0 Å². The molecule has 0 aromatic carbocycles. The van der Waals surface area contributed by atoms with E-state index in [1.165, 1.54) is 31.4 Å². The number of imidazole rings is 1. The fourth-order valence-corrected chi connectivity index (χ4v) is 3.29. The van der Waals surface area contributed by atoms with E-state index in [-0.39, 0.29) is 5.91 Å². The second kappa shape index (κ2) is 5.33. The lowest BCUT2D eigenvalue weighted by Crippen LogP contribution is -2.29. The van der Waals surface area contributed by atoms with Crippen molar-refractivity contribution in [1.29, 1.82) is 0 Å². The van der Waals surface area contributed by atoms with Crippen molar-refractivity contribution < 1.29 is 4.79 Å². The molecule has 1 saturated carbocycles. The van der Waals surface area contributed by atoms with Gasteiger partial charge in [-0.15, -0.1) is 0 Å². The van der Waals surface area contributed by atoms with Crippen molar-refractivity contribution in [1.82, 2.24) is 20.2 Å². The van der Waals surface area contributed by atoms with Crippen molar-refractivity contribution in [2.24, 2.45) is 0 Å². The molecule has 0 radical (unpaired) electrons. The van der Waals surface area contributed by atoms with Crippen molar-refractivity contribution in [3.05, 3.63) is 17.2 Å². The predicted molar refractivity (Wildman–Crippen MR) is 72.9 cm³/mol. The molecule has 0 spiro atoms. The molecule has 2 aliphatic rings. The van der Waals surface area contributed by atoms with Crippen molar-refractivity contribution in [3.8, 4) is 0 Å². The van der Waals surface area contributed by atoms with Crippen LogP contribution in [-0.2, 0) is 24.3 Å². The van der Waals surface area contributed by atoms with E-state index in [2.05, 4.69) is 15.2 Å². The number of fused-ring (bicyclic) bond motifs is 1. The van der Waals surface area contributed by atoms with Gasteiger partial charge in [-0.1, -0.05) is 12.8 Å². The highest BCUT2D eigenvalue weighted by Crippen LogP contribution is 2.35. The summed E-state index contributed by atoms with van der Waals surface area (Å²) in [7, 11) is 1.70. The third-order valence-electron chi connectivity index (χ3n) is 4.32. The number of carbonyl (C=O) groups excluding carboxylic acids is 1. The number of nitrogens with one attached hydrogen (secondary N) is 2. The van der Waals surface area contributed by atoms with Crippen LogP contribution in [0.25, 0.3) is 0 Å². The Kier molecular flexibility index (Phi) is 3.55. The molecule has 1 aromatic rings. The van der Waals surface area contributed by atoms with E-state index in [1.54, 1.807) is 7.05 Å². The van der Waals surface area contributed by atoms with Crippen LogP contribution in [0.3, 0.4) is 0 Å². The number of hydrogen-bond acceptors (Lipinski definition) is 3. The highest BCUT2D eigenvalue weighted by atomic mass is 16.1. The first-order valence-electron chi connectivity index (χ1n) is 7.29. The zero-order valence-electron chi connectivity index (χ0n) is 11.5. The molecular weight excluding hydrogens is 240 g/mol. The third-order valence-corrected chi connectivity index (χ3v) is 4.32. The molecule has 2 heterocycles. The Labute approximate surface area is 113 Å². The van der Waals surface area contributed by atoms with E-state index in [1.807, 2.05) is 0 Å². The first kappa shape index (κ1) is 12.7. The number of nitrogens with zero attached hydrogens (tertiary/aromatic N) is 2. The van der Waals surface area contributed by atoms with Gasteiger partial charge in [0.25, 0.3) is 0 Å². The van der Waals surface area contributed by atoms with Crippen LogP contribution in [-0.4, -0.2) is 29.1 Å². The quantitative estimate of drug-likeness (QED) is 0.852. The van der Waals surface area contributed by atoms with Crippen LogP contribution in [0.4, 0.5) is 0 Å². The summed E-state index contributed by atoms with van der Waals surface area (Å²) in [6.07, 6.45) is 6.00. The normalized spacial score (nSPS) is 19.4. The lowest BCUT2D eigenvalue weighted by molar-refractivity contribution is -0.121. The number of rotatable bonds is 3. The molecule has 19 heavy (non-hydrogen) atoms. The molecule has 0 bridgehead atoms. The number of carbonyl (C=O) groups is 1. The van der Waals surface area contributed by atoms with E-state index >= 15 is 0 Å². The zero-order valence-corrected chi connectivity index (χ0v) is 11.5.